The van der Waals surface area contributed by atoms with Gasteiger partial charge in [-0.05, 0) is 36.2 Å². The molecule has 3 N–H and O–H groups in total. The van der Waals surface area contributed by atoms with E-state index in [1.807, 2.05) is 31.2 Å². The molecular formula is C17H16F2N2O2. The Hall–Kier alpha value is -2.76. The van der Waals surface area contributed by atoms with Gasteiger partial charge in [0, 0.05) is 12.0 Å². The molecule has 1 atom stereocenters. The number of benzene rings is 2. The summed E-state index contributed by atoms with van der Waals surface area (Å²) in [6, 6.07) is 9.20. The zero-order valence-electron chi connectivity index (χ0n) is 12.5. The second kappa shape index (κ2) is 7.00. The Kier molecular flexibility index (Phi) is 5.05. The molecule has 4 nitrogen and oxygen atoms in total. The lowest BCUT2D eigenvalue weighted by Crippen LogP contribution is -2.46. The summed E-state index contributed by atoms with van der Waals surface area (Å²) in [4.78, 5) is 23.7. The summed E-state index contributed by atoms with van der Waals surface area (Å²) in [7, 11) is 0. The highest BCUT2D eigenvalue weighted by Gasteiger charge is 2.20. The van der Waals surface area contributed by atoms with Crippen LogP contribution in [0.4, 0.5) is 8.78 Å². The summed E-state index contributed by atoms with van der Waals surface area (Å²) >= 11 is 0. The van der Waals surface area contributed by atoms with Crippen molar-refractivity contribution in [2.75, 3.05) is 0 Å². The average molecular weight is 318 g/mol. The Bertz CT molecular complexity index is 747. The van der Waals surface area contributed by atoms with Gasteiger partial charge in [-0.25, -0.2) is 8.78 Å². The van der Waals surface area contributed by atoms with Gasteiger partial charge in [-0.3, -0.25) is 9.59 Å². The highest BCUT2D eigenvalue weighted by molar-refractivity contribution is 5.97. The van der Waals surface area contributed by atoms with E-state index < -0.39 is 29.5 Å². The number of nitrogens with one attached hydrogen (secondary N) is 1. The second-order valence-corrected chi connectivity index (χ2v) is 5.19. The molecule has 0 heterocycles. The molecular weight excluding hydrogens is 302 g/mol. The molecule has 0 aliphatic heterocycles. The minimum absolute atomic E-state index is 0.0834. The normalized spacial score (nSPS) is 11.8. The average Bonchev–Trinajstić information content (AvgIpc) is 2.51. The predicted molar refractivity (Wildman–Crippen MR) is 81.7 cm³/mol. The molecule has 0 spiro atoms. The van der Waals surface area contributed by atoms with Gasteiger partial charge in [-0.15, -0.1) is 0 Å². The summed E-state index contributed by atoms with van der Waals surface area (Å²) in [6.45, 7) is 1.88. The maximum atomic E-state index is 13.2. The fourth-order valence-corrected chi connectivity index (χ4v) is 2.16. The third-order valence-corrected chi connectivity index (χ3v) is 3.52. The van der Waals surface area contributed by atoms with E-state index in [1.165, 1.54) is 0 Å². The van der Waals surface area contributed by atoms with Gasteiger partial charge in [-0.2, -0.15) is 0 Å². The molecule has 120 valence electrons. The third-order valence-electron chi connectivity index (χ3n) is 3.52. The van der Waals surface area contributed by atoms with E-state index in [4.69, 9.17) is 5.73 Å². The van der Waals surface area contributed by atoms with Crippen LogP contribution in [0.1, 0.15) is 21.5 Å². The Morgan fingerprint density at radius 1 is 1.13 bits per heavy atom. The minimum atomic E-state index is -1.13. The van der Waals surface area contributed by atoms with Crippen molar-refractivity contribution in [2.24, 2.45) is 5.73 Å². The topological polar surface area (TPSA) is 72.2 Å². The summed E-state index contributed by atoms with van der Waals surface area (Å²) < 4.78 is 26.1. The lowest BCUT2D eigenvalue weighted by Gasteiger charge is -2.17. The van der Waals surface area contributed by atoms with Crippen molar-refractivity contribution in [1.82, 2.24) is 5.32 Å². The number of rotatable bonds is 5. The summed E-state index contributed by atoms with van der Waals surface area (Å²) in [5.74, 6) is -3.58. The highest BCUT2D eigenvalue weighted by Crippen LogP contribution is 2.12. The van der Waals surface area contributed by atoms with Crippen molar-refractivity contribution in [2.45, 2.75) is 19.4 Å². The Balaban J connectivity index is 2.16. The van der Waals surface area contributed by atoms with Crippen molar-refractivity contribution >= 4 is 11.8 Å². The van der Waals surface area contributed by atoms with E-state index in [0.717, 1.165) is 29.3 Å². The van der Waals surface area contributed by atoms with E-state index in [0.29, 0.717) is 0 Å². The van der Waals surface area contributed by atoms with Gasteiger partial charge in [0.2, 0.25) is 5.91 Å². The number of amides is 2. The molecule has 6 heteroatoms. The number of aryl methyl sites for hydroxylation is 1. The first-order valence-electron chi connectivity index (χ1n) is 6.98. The van der Waals surface area contributed by atoms with Crippen LogP contribution in [0.25, 0.3) is 0 Å². The molecule has 0 aliphatic carbocycles. The summed E-state index contributed by atoms with van der Waals surface area (Å²) in [6.07, 6.45) is 0.220. The first-order valence-corrected chi connectivity index (χ1v) is 6.98. The summed E-state index contributed by atoms with van der Waals surface area (Å²) in [5.41, 5.74) is 7.07. The molecule has 0 fully saturated rings. The zero-order chi connectivity index (χ0) is 17.0. The number of hydrogen-bond donors (Lipinski definition) is 2. The van der Waals surface area contributed by atoms with E-state index in [9.17, 15) is 18.4 Å². The lowest BCUT2D eigenvalue weighted by atomic mass is 10.0. The van der Waals surface area contributed by atoms with Crippen molar-refractivity contribution in [3.05, 3.63) is 70.8 Å². The standard InChI is InChI=1S/C17H16F2N2O2/c1-10-4-2-3-5-11(10)9-15(16(20)22)21-17(23)12-6-7-13(18)14(19)8-12/h2-8,15H,9H2,1H3,(H2,20,22)(H,21,23)/t15-/m1/s1. The number of halogens is 2. The van der Waals surface area contributed by atoms with Crippen LogP contribution < -0.4 is 11.1 Å². The molecule has 23 heavy (non-hydrogen) atoms. The third kappa shape index (κ3) is 4.12. The number of nitrogens with two attached hydrogens (primary N) is 1. The maximum Gasteiger partial charge on any atom is 0.252 e. The molecule has 0 aliphatic rings. The molecule has 2 rings (SSSR count). The molecule has 2 amide bonds. The Labute approximate surface area is 132 Å². The number of carbonyl (C=O) groups is 2. The van der Waals surface area contributed by atoms with Gasteiger partial charge in [0.25, 0.3) is 5.91 Å². The molecule has 2 aromatic rings. The first-order chi connectivity index (χ1) is 10.9. The number of primary amides is 1. The van der Waals surface area contributed by atoms with E-state index in [1.54, 1.807) is 0 Å². The quantitative estimate of drug-likeness (QED) is 0.886. The van der Waals surface area contributed by atoms with Crippen LogP contribution >= 0.6 is 0 Å². The van der Waals surface area contributed by atoms with Gasteiger partial charge in [0.1, 0.15) is 6.04 Å². The van der Waals surface area contributed by atoms with Crippen LogP contribution in [0, 0.1) is 18.6 Å². The molecule has 2 aromatic carbocycles. The van der Waals surface area contributed by atoms with E-state index in [2.05, 4.69) is 5.32 Å². The minimum Gasteiger partial charge on any atom is -0.368 e. The fourth-order valence-electron chi connectivity index (χ4n) is 2.16. The van der Waals surface area contributed by atoms with Gasteiger partial charge < -0.3 is 11.1 Å². The van der Waals surface area contributed by atoms with Gasteiger partial charge >= 0.3 is 0 Å². The fraction of sp³-hybridized carbons (Fsp3) is 0.176. The lowest BCUT2D eigenvalue weighted by molar-refractivity contribution is -0.119. The first kappa shape index (κ1) is 16.6. The monoisotopic (exact) mass is 318 g/mol. The van der Waals surface area contributed by atoms with Crippen molar-refractivity contribution in [3.8, 4) is 0 Å². The van der Waals surface area contributed by atoms with Crippen LogP contribution in [0.3, 0.4) is 0 Å². The number of hydrogen-bond acceptors (Lipinski definition) is 2. The van der Waals surface area contributed by atoms with Crippen LogP contribution in [0.5, 0.6) is 0 Å². The molecule has 0 saturated carbocycles. The van der Waals surface area contributed by atoms with Crippen LogP contribution in [-0.2, 0) is 11.2 Å². The highest BCUT2D eigenvalue weighted by atomic mass is 19.2. The molecule has 0 saturated heterocycles. The Morgan fingerprint density at radius 3 is 2.43 bits per heavy atom. The van der Waals surface area contributed by atoms with E-state index in [-0.39, 0.29) is 12.0 Å². The zero-order valence-corrected chi connectivity index (χ0v) is 12.5. The smallest absolute Gasteiger partial charge is 0.252 e. The maximum absolute atomic E-state index is 13.2. The van der Waals surface area contributed by atoms with Crippen LogP contribution in [0.15, 0.2) is 42.5 Å². The van der Waals surface area contributed by atoms with E-state index >= 15 is 0 Å². The van der Waals surface area contributed by atoms with Gasteiger partial charge in [-0.1, -0.05) is 24.3 Å². The second-order valence-electron chi connectivity index (χ2n) is 5.19. The largest absolute Gasteiger partial charge is 0.368 e. The van der Waals surface area contributed by atoms with Crippen LogP contribution in [0.2, 0.25) is 0 Å². The van der Waals surface area contributed by atoms with Crippen molar-refractivity contribution in [1.29, 1.82) is 0 Å². The van der Waals surface area contributed by atoms with Crippen molar-refractivity contribution in [3.63, 3.8) is 0 Å². The molecule has 0 radical (unpaired) electrons. The summed E-state index contributed by atoms with van der Waals surface area (Å²) in [5, 5.41) is 2.45. The molecule has 0 unspecified atom stereocenters. The van der Waals surface area contributed by atoms with Gasteiger partial charge in [0.05, 0.1) is 0 Å². The molecule has 0 aromatic heterocycles. The Morgan fingerprint density at radius 2 is 1.83 bits per heavy atom. The SMILES string of the molecule is Cc1ccccc1C[C@@H](NC(=O)c1ccc(F)c(F)c1)C(N)=O. The van der Waals surface area contributed by atoms with Crippen molar-refractivity contribution < 1.29 is 18.4 Å². The molecule has 0 bridgehead atoms. The number of carbonyl (C=O) groups excluding carboxylic acids is 2. The van der Waals surface area contributed by atoms with Crippen LogP contribution in [-0.4, -0.2) is 17.9 Å². The van der Waals surface area contributed by atoms with Gasteiger partial charge in [0.15, 0.2) is 11.6 Å². The predicted octanol–water partition coefficient (Wildman–Crippen LogP) is 2.10.